The van der Waals surface area contributed by atoms with Crippen molar-refractivity contribution in [2.45, 2.75) is 23.0 Å². The first-order valence-corrected chi connectivity index (χ1v) is 9.07. The lowest BCUT2D eigenvalue weighted by Gasteiger charge is -2.07. The Morgan fingerprint density at radius 1 is 1.35 bits per heavy atom. The van der Waals surface area contributed by atoms with Crippen molar-refractivity contribution in [2.24, 2.45) is 0 Å². The molecule has 3 aromatic rings. The van der Waals surface area contributed by atoms with Gasteiger partial charge < -0.3 is 10.3 Å². The van der Waals surface area contributed by atoms with Crippen LogP contribution in [0.2, 0.25) is 5.02 Å². The molecule has 5 nitrogen and oxygen atoms in total. The fourth-order valence-electron chi connectivity index (χ4n) is 2.09. The Kier molecular flexibility index (Phi) is 5.03. The summed E-state index contributed by atoms with van der Waals surface area (Å²) in [5.41, 5.74) is 7.05. The van der Waals surface area contributed by atoms with Gasteiger partial charge in [0, 0.05) is 16.9 Å². The SMILES string of the molecule is Nc1ncnc2c1nc(Sc1ccc(Cl)cc1F)n2CCCBr. The molecule has 2 aromatic heterocycles. The van der Waals surface area contributed by atoms with Gasteiger partial charge in [-0.2, -0.15) is 0 Å². The van der Waals surface area contributed by atoms with Crippen molar-refractivity contribution < 1.29 is 4.39 Å². The molecule has 0 aliphatic heterocycles. The minimum absolute atomic E-state index is 0.311. The number of aryl methyl sites for hydroxylation is 1. The van der Waals surface area contributed by atoms with E-state index in [4.69, 9.17) is 17.3 Å². The lowest BCUT2D eigenvalue weighted by Crippen LogP contribution is -2.02. The number of imidazole rings is 1. The maximum Gasteiger partial charge on any atom is 0.175 e. The first-order valence-electron chi connectivity index (χ1n) is 6.75. The second-order valence-electron chi connectivity index (χ2n) is 4.70. The summed E-state index contributed by atoms with van der Waals surface area (Å²) in [6.45, 7) is 0.690. The van der Waals surface area contributed by atoms with E-state index >= 15 is 0 Å². The molecule has 0 aliphatic rings. The van der Waals surface area contributed by atoms with Crippen molar-refractivity contribution in [1.82, 2.24) is 19.5 Å². The number of nitrogen functional groups attached to an aromatic ring is 1. The van der Waals surface area contributed by atoms with Gasteiger partial charge in [0.15, 0.2) is 22.1 Å². The van der Waals surface area contributed by atoms with Crippen molar-refractivity contribution in [3.63, 3.8) is 0 Å². The van der Waals surface area contributed by atoms with Gasteiger partial charge in [-0.1, -0.05) is 27.5 Å². The summed E-state index contributed by atoms with van der Waals surface area (Å²) in [5.74, 6) is -0.0772. The number of rotatable bonds is 5. The summed E-state index contributed by atoms with van der Waals surface area (Å²) in [4.78, 5) is 13.1. The zero-order valence-electron chi connectivity index (χ0n) is 11.8. The third-order valence-corrected chi connectivity index (χ3v) is 4.98. The van der Waals surface area contributed by atoms with Gasteiger partial charge in [-0.05, 0) is 36.4 Å². The minimum Gasteiger partial charge on any atom is -0.382 e. The average molecular weight is 417 g/mol. The smallest absolute Gasteiger partial charge is 0.175 e. The van der Waals surface area contributed by atoms with Crippen LogP contribution in [-0.4, -0.2) is 24.8 Å². The van der Waals surface area contributed by atoms with Crippen LogP contribution in [-0.2, 0) is 6.54 Å². The van der Waals surface area contributed by atoms with E-state index < -0.39 is 0 Å². The summed E-state index contributed by atoms with van der Waals surface area (Å²) in [7, 11) is 0. The molecule has 0 atom stereocenters. The number of hydrogen-bond acceptors (Lipinski definition) is 5. The number of nitrogens with two attached hydrogens (primary N) is 1. The van der Waals surface area contributed by atoms with E-state index in [1.807, 2.05) is 4.57 Å². The van der Waals surface area contributed by atoms with Gasteiger partial charge in [-0.15, -0.1) is 0 Å². The number of hydrogen-bond donors (Lipinski definition) is 1. The lowest BCUT2D eigenvalue weighted by atomic mass is 10.3. The molecule has 2 heterocycles. The Bertz CT molecular complexity index is 857. The van der Waals surface area contributed by atoms with E-state index in [9.17, 15) is 4.39 Å². The molecule has 2 N–H and O–H groups in total. The molecule has 3 rings (SSSR count). The first-order chi connectivity index (χ1) is 11.1. The Balaban J connectivity index is 2.06. The van der Waals surface area contributed by atoms with Crippen LogP contribution in [0.4, 0.5) is 10.2 Å². The normalized spacial score (nSPS) is 11.3. The van der Waals surface area contributed by atoms with Gasteiger partial charge in [0.2, 0.25) is 0 Å². The van der Waals surface area contributed by atoms with E-state index in [-0.39, 0.29) is 5.82 Å². The molecule has 0 unspecified atom stereocenters. The molecular formula is C14H12BrClFN5S. The van der Waals surface area contributed by atoms with Gasteiger partial charge in [0.1, 0.15) is 12.1 Å². The molecule has 1 aromatic carbocycles. The van der Waals surface area contributed by atoms with Crippen LogP contribution < -0.4 is 5.73 Å². The maximum absolute atomic E-state index is 14.1. The second-order valence-corrected chi connectivity index (χ2v) is 6.94. The molecule has 0 spiro atoms. The van der Waals surface area contributed by atoms with Gasteiger partial charge in [-0.25, -0.2) is 19.3 Å². The van der Waals surface area contributed by atoms with Crippen LogP contribution in [0.3, 0.4) is 0 Å². The molecule has 23 heavy (non-hydrogen) atoms. The van der Waals surface area contributed by atoms with Crippen molar-refractivity contribution in [3.8, 4) is 0 Å². The predicted molar refractivity (Wildman–Crippen MR) is 93.7 cm³/mol. The number of anilines is 1. The predicted octanol–water partition coefficient (Wildman–Crippen LogP) is 4.14. The highest BCUT2D eigenvalue weighted by atomic mass is 79.9. The Labute approximate surface area is 149 Å². The van der Waals surface area contributed by atoms with E-state index in [0.717, 1.165) is 11.8 Å². The second kappa shape index (κ2) is 7.02. The van der Waals surface area contributed by atoms with Gasteiger partial charge in [0.05, 0.1) is 4.90 Å². The van der Waals surface area contributed by atoms with E-state index in [1.54, 1.807) is 12.1 Å². The molecule has 120 valence electrons. The summed E-state index contributed by atoms with van der Waals surface area (Å²) in [6.07, 6.45) is 2.29. The molecule has 0 amide bonds. The van der Waals surface area contributed by atoms with Gasteiger partial charge in [-0.3, -0.25) is 0 Å². The van der Waals surface area contributed by atoms with Crippen molar-refractivity contribution in [2.75, 3.05) is 11.1 Å². The lowest BCUT2D eigenvalue weighted by molar-refractivity contribution is 0.599. The molecule has 0 saturated heterocycles. The molecule has 0 saturated carbocycles. The molecule has 0 fully saturated rings. The van der Waals surface area contributed by atoms with Crippen molar-refractivity contribution >= 4 is 56.3 Å². The maximum atomic E-state index is 14.1. The summed E-state index contributed by atoms with van der Waals surface area (Å²) in [6, 6.07) is 4.56. The first kappa shape index (κ1) is 16.5. The van der Waals surface area contributed by atoms with Crippen LogP contribution in [0, 0.1) is 5.82 Å². The zero-order chi connectivity index (χ0) is 16.4. The van der Waals surface area contributed by atoms with Crippen LogP contribution in [0.1, 0.15) is 6.42 Å². The number of benzene rings is 1. The molecule has 9 heteroatoms. The van der Waals surface area contributed by atoms with Crippen molar-refractivity contribution in [1.29, 1.82) is 0 Å². The zero-order valence-corrected chi connectivity index (χ0v) is 15.0. The van der Waals surface area contributed by atoms with Crippen molar-refractivity contribution in [3.05, 3.63) is 35.4 Å². The average Bonchev–Trinajstić information content (AvgIpc) is 2.87. The fourth-order valence-corrected chi connectivity index (χ4v) is 3.41. The standard InChI is InChI=1S/C14H12BrClFN5S/c15-4-1-5-22-13-11(12(18)19-7-20-13)21-14(22)23-10-3-2-8(16)6-9(10)17/h2-3,6-7H,1,4-5H2,(H2,18,19,20). The van der Waals surface area contributed by atoms with Gasteiger partial charge >= 0.3 is 0 Å². The summed E-state index contributed by atoms with van der Waals surface area (Å²) < 4.78 is 16.0. The molecule has 0 radical (unpaired) electrons. The highest BCUT2D eigenvalue weighted by Gasteiger charge is 2.17. The van der Waals surface area contributed by atoms with E-state index in [0.29, 0.717) is 38.6 Å². The van der Waals surface area contributed by atoms with E-state index in [2.05, 4.69) is 30.9 Å². The Morgan fingerprint density at radius 2 is 2.17 bits per heavy atom. The highest BCUT2D eigenvalue weighted by Crippen LogP contribution is 2.33. The number of alkyl halides is 1. The number of halogens is 3. The third kappa shape index (κ3) is 3.44. The Hall–Kier alpha value is -1.38. The summed E-state index contributed by atoms with van der Waals surface area (Å²) >= 11 is 10.4. The largest absolute Gasteiger partial charge is 0.382 e. The highest BCUT2D eigenvalue weighted by molar-refractivity contribution is 9.09. The van der Waals surface area contributed by atoms with Crippen LogP contribution in [0.15, 0.2) is 34.6 Å². The van der Waals surface area contributed by atoms with Crippen LogP contribution >= 0.6 is 39.3 Å². The summed E-state index contributed by atoms with van der Waals surface area (Å²) in [5, 5.41) is 1.82. The van der Waals surface area contributed by atoms with E-state index in [1.165, 1.54) is 24.2 Å². The number of fused-ring (bicyclic) bond motifs is 1. The minimum atomic E-state index is -0.388. The molecule has 0 aliphatic carbocycles. The quantitative estimate of drug-likeness (QED) is 0.633. The number of nitrogens with zero attached hydrogens (tertiary/aromatic N) is 4. The van der Waals surface area contributed by atoms with Crippen LogP contribution in [0.25, 0.3) is 11.2 Å². The Morgan fingerprint density at radius 3 is 2.91 bits per heavy atom. The topological polar surface area (TPSA) is 69.6 Å². The molecule has 0 bridgehead atoms. The third-order valence-electron chi connectivity index (χ3n) is 3.14. The molecular weight excluding hydrogens is 405 g/mol. The monoisotopic (exact) mass is 415 g/mol. The fraction of sp³-hybridized carbons (Fsp3) is 0.214. The van der Waals surface area contributed by atoms with Crippen LogP contribution in [0.5, 0.6) is 0 Å². The van der Waals surface area contributed by atoms with Gasteiger partial charge in [0.25, 0.3) is 0 Å². The number of aromatic nitrogens is 4.